The Kier molecular flexibility index (Phi) is 5.18. The lowest BCUT2D eigenvalue weighted by Crippen LogP contribution is -2.45. The van der Waals surface area contributed by atoms with Crippen molar-refractivity contribution in [1.29, 1.82) is 0 Å². The van der Waals surface area contributed by atoms with E-state index in [1.165, 1.54) is 27.9 Å². The first-order valence-electron chi connectivity index (χ1n) is 8.73. The molecular formula is C20H20N2O6S. The van der Waals surface area contributed by atoms with Crippen LogP contribution in [0.4, 0.5) is 0 Å². The molecule has 0 saturated heterocycles. The van der Waals surface area contributed by atoms with Crippen LogP contribution in [-0.4, -0.2) is 38.8 Å². The Hall–Kier alpha value is -3.20. The second kappa shape index (κ2) is 7.32. The van der Waals surface area contributed by atoms with E-state index in [0.717, 1.165) is 21.5 Å². The molecule has 3 aromatic rings. The number of aromatic nitrogens is 2. The number of hydrogen-bond acceptors (Lipinski definition) is 6. The number of aliphatic carboxylic acids is 1. The van der Waals surface area contributed by atoms with E-state index in [0.29, 0.717) is 5.75 Å². The number of carboxylic acid groups (broad SMARTS) is 2. The molecular weight excluding hydrogens is 396 g/mol. The Morgan fingerprint density at radius 3 is 2.48 bits per heavy atom. The molecule has 0 fully saturated rings. The summed E-state index contributed by atoms with van der Waals surface area (Å²) in [6, 6.07) is 7.17. The molecule has 0 aliphatic heterocycles. The van der Waals surface area contributed by atoms with Crippen molar-refractivity contribution in [3.8, 4) is 5.75 Å². The highest BCUT2D eigenvalue weighted by molar-refractivity contribution is 7.20. The van der Waals surface area contributed by atoms with Crippen LogP contribution < -0.4 is 10.3 Å². The average Bonchev–Trinajstić information content (AvgIpc) is 2.99. The summed E-state index contributed by atoms with van der Waals surface area (Å²) in [5.74, 6) is -1.55. The van der Waals surface area contributed by atoms with E-state index in [1.807, 2.05) is 0 Å². The summed E-state index contributed by atoms with van der Waals surface area (Å²) in [7, 11) is 1.52. The van der Waals surface area contributed by atoms with E-state index in [4.69, 9.17) is 4.74 Å². The van der Waals surface area contributed by atoms with Crippen molar-refractivity contribution in [2.75, 3.05) is 7.11 Å². The van der Waals surface area contributed by atoms with Crippen molar-refractivity contribution in [1.82, 2.24) is 9.55 Å². The number of aromatic carboxylic acids is 1. The molecule has 9 heteroatoms. The number of carboxylic acids is 2. The minimum absolute atomic E-state index is 0.0127. The summed E-state index contributed by atoms with van der Waals surface area (Å²) in [4.78, 5) is 41.6. The van der Waals surface area contributed by atoms with Crippen LogP contribution in [0, 0.1) is 6.92 Å². The molecule has 0 unspecified atom stereocenters. The molecule has 2 aromatic heterocycles. The van der Waals surface area contributed by atoms with Crippen LogP contribution in [-0.2, 0) is 16.8 Å². The van der Waals surface area contributed by atoms with E-state index in [1.54, 1.807) is 24.3 Å². The molecule has 1 aromatic carbocycles. The summed E-state index contributed by atoms with van der Waals surface area (Å²) >= 11 is 0.906. The van der Waals surface area contributed by atoms with Gasteiger partial charge >= 0.3 is 11.9 Å². The number of fused-ring (bicyclic) bond motifs is 1. The van der Waals surface area contributed by atoms with Gasteiger partial charge in [-0.05, 0) is 32.4 Å². The van der Waals surface area contributed by atoms with E-state index in [2.05, 4.69) is 4.98 Å². The topological polar surface area (TPSA) is 119 Å². The van der Waals surface area contributed by atoms with Gasteiger partial charge in [-0.1, -0.05) is 18.2 Å². The van der Waals surface area contributed by atoms with Gasteiger partial charge in [0.05, 0.1) is 12.5 Å². The van der Waals surface area contributed by atoms with E-state index >= 15 is 0 Å². The molecule has 3 rings (SSSR count). The number of nitrogens with zero attached hydrogens (tertiary/aromatic N) is 2. The number of thiophene rings is 1. The van der Waals surface area contributed by atoms with Crippen molar-refractivity contribution < 1.29 is 24.5 Å². The number of para-hydroxylation sites is 1. The normalized spacial score (nSPS) is 11.6. The van der Waals surface area contributed by atoms with Crippen molar-refractivity contribution in [3.05, 3.63) is 56.4 Å². The lowest BCUT2D eigenvalue weighted by Gasteiger charge is -2.26. The average molecular weight is 416 g/mol. The lowest BCUT2D eigenvalue weighted by molar-refractivity contribution is -0.146. The third-order valence-corrected chi connectivity index (χ3v) is 6.03. The van der Waals surface area contributed by atoms with Crippen LogP contribution in [0.2, 0.25) is 0 Å². The Bertz CT molecular complexity index is 1190. The molecule has 0 bridgehead atoms. The number of aryl methyl sites for hydroxylation is 1. The molecule has 2 N–H and O–H groups in total. The molecule has 8 nitrogen and oxygen atoms in total. The highest BCUT2D eigenvalue weighted by atomic mass is 32.1. The fourth-order valence-corrected chi connectivity index (χ4v) is 4.27. The van der Waals surface area contributed by atoms with Gasteiger partial charge in [0.25, 0.3) is 5.56 Å². The van der Waals surface area contributed by atoms with Crippen LogP contribution in [0.3, 0.4) is 0 Å². The molecule has 0 amide bonds. The first kappa shape index (κ1) is 20.5. The van der Waals surface area contributed by atoms with Gasteiger partial charge in [0.2, 0.25) is 0 Å². The van der Waals surface area contributed by atoms with Gasteiger partial charge in [-0.15, -0.1) is 11.3 Å². The first-order chi connectivity index (χ1) is 13.6. The number of ether oxygens (including phenoxy) is 1. The molecule has 152 valence electrons. The van der Waals surface area contributed by atoms with E-state index in [9.17, 15) is 24.6 Å². The van der Waals surface area contributed by atoms with Gasteiger partial charge in [0, 0.05) is 12.0 Å². The number of carbonyl (C=O) groups is 2. The molecule has 0 atom stereocenters. The maximum absolute atomic E-state index is 13.3. The van der Waals surface area contributed by atoms with Crippen molar-refractivity contribution in [2.45, 2.75) is 32.7 Å². The Balaban J connectivity index is 2.37. The van der Waals surface area contributed by atoms with Gasteiger partial charge in [-0.3, -0.25) is 9.36 Å². The fourth-order valence-electron chi connectivity index (χ4n) is 3.24. The quantitative estimate of drug-likeness (QED) is 0.634. The van der Waals surface area contributed by atoms with Crippen LogP contribution in [0.15, 0.2) is 29.1 Å². The highest BCUT2D eigenvalue weighted by Gasteiger charge is 2.35. The fraction of sp³-hybridized carbons (Fsp3) is 0.300. The molecule has 0 saturated carbocycles. The standard InChI is InChI=1S/C20H20N2O6S/c1-10-14-16(29-15(10)18(24)25)21-13(9-11-7-5-6-8-12(11)28-4)22(17(14)23)20(2,3)19(26)27/h5-8H,9H2,1-4H3,(H,24,25)(H,26,27). The largest absolute Gasteiger partial charge is 0.496 e. The van der Waals surface area contributed by atoms with Crippen LogP contribution in [0.25, 0.3) is 10.2 Å². The maximum Gasteiger partial charge on any atom is 0.346 e. The predicted molar refractivity (Wildman–Crippen MR) is 108 cm³/mol. The predicted octanol–water partition coefficient (Wildman–Crippen LogP) is 2.88. The second-order valence-corrected chi connectivity index (χ2v) is 8.06. The van der Waals surface area contributed by atoms with Crippen LogP contribution in [0.5, 0.6) is 5.75 Å². The summed E-state index contributed by atoms with van der Waals surface area (Å²) < 4.78 is 6.49. The minimum atomic E-state index is -1.59. The molecule has 2 heterocycles. The molecule has 29 heavy (non-hydrogen) atoms. The zero-order valence-electron chi connectivity index (χ0n) is 16.3. The van der Waals surface area contributed by atoms with Crippen molar-refractivity contribution in [2.24, 2.45) is 0 Å². The second-order valence-electron chi connectivity index (χ2n) is 7.06. The summed E-state index contributed by atoms with van der Waals surface area (Å²) in [5.41, 5.74) is -1.15. The van der Waals surface area contributed by atoms with E-state index in [-0.39, 0.29) is 32.9 Å². The highest BCUT2D eigenvalue weighted by Crippen LogP contribution is 2.30. The SMILES string of the molecule is COc1ccccc1Cc1nc2sc(C(=O)O)c(C)c2c(=O)n1C(C)(C)C(=O)O. The van der Waals surface area contributed by atoms with Crippen molar-refractivity contribution >= 4 is 33.5 Å². The Morgan fingerprint density at radius 1 is 1.24 bits per heavy atom. The zero-order valence-corrected chi connectivity index (χ0v) is 17.2. The van der Waals surface area contributed by atoms with Gasteiger partial charge in [-0.25, -0.2) is 14.6 Å². The summed E-state index contributed by atoms with van der Waals surface area (Å²) in [6.07, 6.45) is 0.144. The van der Waals surface area contributed by atoms with Gasteiger partial charge < -0.3 is 14.9 Å². The number of methoxy groups -OCH3 is 1. The molecule has 0 spiro atoms. The van der Waals surface area contributed by atoms with Gasteiger partial charge in [0.15, 0.2) is 0 Å². The number of rotatable bonds is 6. The number of hydrogen-bond donors (Lipinski definition) is 2. The monoisotopic (exact) mass is 416 g/mol. The van der Waals surface area contributed by atoms with Crippen molar-refractivity contribution in [3.63, 3.8) is 0 Å². The summed E-state index contributed by atoms with van der Waals surface area (Å²) in [5, 5.41) is 19.3. The summed E-state index contributed by atoms with van der Waals surface area (Å²) in [6.45, 7) is 4.36. The molecule has 0 radical (unpaired) electrons. The minimum Gasteiger partial charge on any atom is -0.496 e. The smallest absolute Gasteiger partial charge is 0.346 e. The van der Waals surface area contributed by atoms with Crippen LogP contribution in [0.1, 0.15) is 40.5 Å². The number of benzene rings is 1. The lowest BCUT2D eigenvalue weighted by atomic mass is 10.0. The molecule has 0 aliphatic rings. The third kappa shape index (κ3) is 3.38. The van der Waals surface area contributed by atoms with Gasteiger partial charge in [-0.2, -0.15) is 0 Å². The zero-order chi connectivity index (χ0) is 21.5. The van der Waals surface area contributed by atoms with Crippen LogP contribution >= 0.6 is 11.3 Å². The van der Waals surface area contributed by atoms with E-state index < -0.39 is 23.0 Å². The maximum atomic E-state index is 13.3. The Labute approximate surface area is 170 Å². The van der Waals surface area contributed by atoms with Gasteiger partial charge in [0.1, 0.15) is 26.8 Å². The molecule has 0 aliphatic carbocycles. The Morgan fingerprint density at radius 2 is 1.90 bits per heavy atom. The first-order valence-corrected chi connectivity index (χ1v) is 9.55. The third-order valence-electron chi connectivity index (χ3n) is 4.85.